The molecule has 0 bridgehead atoms. The van der Waals surface area contributed by atoms with E-state index >= 15 is 0 Å². The first-order chi connectivity index (χ1) is 13.4. The zero-order valence-corrected chi connectivity index (χ0v) is 17.5. The van der Waals surface area contributed by atoms with Crippen LogP contribution in [-0.4, -0.2) is 29.3 Å². The number of benzene rings is 2. The van der Waals surface area contributed by atoms with E-state index in [2.05, 4.69) is 18.3 Å². The van der Waals surface area contributed by atoms with Crippen molar-refractivity contribution in [2.75, 3.05) is 6.54 Å². The molecule has 4 nitrogen and oxygen atoms in total. The number of carbonyl (C=O) groups excluding carboxylic acids is 2. The van der Waals surface area contributed by atoms with Crippen LogP contribution in [0.5, 0.6) is 0 Å². The van der Waals surface area contributed by atoms with Crippen LogP contribution < -0.4 is 5.32 Å². The summed E-state index contributed by atoms with van der Waals surface area (Å²) in [4.78, 5) is 27.5. The smallest absolute Gasteiger partial charge is 0.242 e. The summed E-state index contributed by atoms with van der Waals surface area (Å²) in [7, 11) is 0. The summed E-state index contributed by atoms with van der Waals surface area (Å²) in [5.41, 5.74) is 4.27. The Hall–Kier alpha value is -2.62. The number of aryl methyl sites for hydroxylation is 2. The first-order valence-corrected chi connectivity index (χ1v) is 10.1. The van der Waals surface area contributed by atoms with Crippen LogP contribution in [0.25, 0.3) is 0 Å². The minimum absolute atomic E-state index is 0.0368. The van der Waals surface area contributed by atoms with Gasteiger partial charge >= 0.3 is 0 Å². The van der Waals surface area contributed by atoms with E-state index in [1.165, 1.54) is 0 Å². The summed E-state index contributed by atoms with van der Waals surface area (Å²) in [5, 5.41) is 2.96. The molecule has 0 radical (unpaired) electrons. The van der Waals surface area contributed by atoms with Crippen molar-refractivity contribution in [2.45, 2.75) is 59.5 Å². The molecule has 0 aromatic heterocycles. The highest BCUT2D eigenvalue weighted by atomic mass is 16.2. The second kappa shape index (κ2) is 10.6. The maximum absolute atomic E-state index is 13.1. The molecule has 0 saturated carbocycles. The van der Waals surface area contributed by atoms with Crippen LogP contribution in [-0.2, 0) is 22.6 Å². The van der Waals surface area contributed by atoms with E-state index in [4.69, 9.17) is 0 Å². The molecule has 1 atom stereocenters. The third-order valence-electron chi connectivity index (χ3n) is 4.87. The number of hydrogen-bond acceptors (Lipinski definition) is 2. The average molecular weight is 381 g/mol. The zero-order chi connectivity index (χ0) is 20.5. The molecule has 1 unspecified atom stereocenters. The molecule has 4 heteroatoms. The SMILES string of the molecule is CCCCNC(=O)C(C)N(Cc1cccc(C)c1)C(=O)Cc1cccc(C)c1. The van der Waals surface area contributed by atoms with E-state index in [0.29, 0.717) is 19.5 Å². The molecular formula is C24H32N2O2. The molecule has 2 aromatic rings. The van der Waals surface area contributed by atoms with E-state index in [1.54, 1.807) is 4.90 Å². The lowest BCUT2D eigenvalue weighted by Gasteiger charge is -2.29. The third-order valence-corrected chi connectivity index (χ3v) is 4.87. The molecule has 0 spiro atoms. The molecule has 0 heterocycles. The van der Waals surface area contributed by atoms with Crippen molar-refractivity contribution in [3.63, 3.8) is 0 Å². The highest BCUT2D eigenvalue weighted by Crippen LogP contribution is 2.14. The highest BCUT2D eigenvalue weighted by molar-refractivity contribution is 5.88. The normalized spacial score (nSPS) is 11.7. The van der Waals surface area contributed by atoms with E-state index in [0.717, 1.165) is 35.1 Å². The van der Waals surface area contributed by atoms with E-state index in [-0.39, 0.29) is 11.8 Å². The van der Waals surface area contributed by atoms with Crippen LogP contribution in [0.4, 0.5) is 0 Å². The zero-order valence-electron chi connectivity index (χ0n) is 17.5. The molecule has 0 aliphatic rings. The molecule has 0 saturated heterocycles. The van der Waals surface area contributed by atoms with Crippen molar-refractivity contribution in [2.24, 2.45) is 0 Å². The molecule has 2 amide bonds. The van der Waals surface area contributed by atoms with Gasteiger partial charge in [0.1, 0.15) is 6.04 Å². The Morgan fingerprint density at radius 3 is 2.21 bits per heavy atom. The Bertz CT molecular complexity index is 801. The quantitative estimate of drug-likeness (QED) is 0.664. The predicted molar refractivity (Wildman–Crippen MR) is 114 cm³/mol. The van der Waals surface area contributed by atoms with Crippen molar-refractivity contribution in [3.05, 3.63) is 70.8 Å². The Morgan fingerprint density at radius 1 is 1.00 bits per heavy atom. The van der Waals surface area contributed by atoms with Crippen LogP contribution in [0.1, 0.15) is 48.9 Å². The van der Waals surface area contributed by atoms with Crippen molar-refractivity contribution < 1.29 is 9.59 Å². The molecule has 150 valence electrons. The van der Waals surface area contributed by atoms with Gasteiger partial charge in [-0.2, -0.15) is 0 Å². The van der Waals surface area contributed by atoms with Crippen LogP contribution in [0, 0.1) is 13.8 Å². The lowest BCUT2D eigenvalue weighted by atomic mass is 10.1. The van der Waals surface area contributed by atoms with Gasteiger partial charge in [0.05, 0.1) is 6.42 Å². The summed E-state index contributed by atoms with van der Waals surface area (Å²) in [5.74, 6) is -0.135. The largest absolute Gasteiger partial charge is 0.354 e. The summed E-state index contributed by atoms with van der Waals surface area (Å²) in [6.45, 7) is 9.01. The fourth-order valence-corrected chi connectivity index (χ4v) is 3.22. The average Bonchev–Trinajstić information content (AvgIpc) is 2.65. The monoisotopic (exact) mass is 380 g/mol. The van der Waals surface area contributed by atoms with Crippen molar-refractivity contribution in [3.8, 4) is 0 Å². The second-order valence-electron chi connectivity index (χ2n) is 7.50. The summed E-state index contributed by atoms with van der Waals surface area (Å²) in [6.07, 6.45) is 2.25. The maximum Gasteiger partial charge on any atom is 0.242 e. The predicted octanol–water partition coefficient (Wildman–Crippen LogP) is 4.18. The Kier molecular flexibility index (Phi) is 8.24. The topological polar surface area (TPSA) is 49.4 Å². The van der Waals surface area contributed by atoms with Crippen molar-refractivity contribution in [1.82, 2.24) is 10.2 Å². The molecular weight excluding hydrogens is 348 g/mol. The van der Waals surface area contributed by atoms with Gasteiger partial charge in [-0.25, -0.2) is 0 Å². The highest BCUT2D eigenvalue weighted by Gasteiger charge is 2.26. The Balaban J connectivity index is 2.18. The number of rotatable bonds is 9. The molecule has 0 aliphatic carbocycles. The molecule has 2 aromatic carbocycles. The molecule has 1 N–H and O–H groups in total. The first-order valence-electron chi connectivity index (χ1n) is 10.1. The number of nitrogens with one attached hydrogen (secondary N) is 1. The van der Waals surface area contributed by atoms with Gasteiger partial charge in [0.2, 0.25) is 11.8 Å². The minimum atomic E-state index is -0.519. The number of amides is 2. The van der Waals surface area contributed by atoms with Gasteiger partial charge in [0.15, 0.2) is 0 Å². The Labute approximate surface area is 169 Å². The van der Waals surface area contributed by atoms with E-state index in [1.807, 2.05) is 63.2 Å². The van der Waals surface area contributed by atoms with Crippen LogP contribution >= 0.6 is 0 Å². The van der Waals surface area contributed by atoms with Gasteiger partial charge in [-0.15, -0.1) is 0 Å². The molecule has 0 aliphatic heterocycles. The lowest BCUT2D eigenvalue weighted by Crippen LogP contribution is -2.48. The second-order valence-corrected chi connectivity index (χ2v) is 7.50. The van der Waals surface area contributed by atoms with Crippen LogP contribution in [0.2, 0.25) is 0 Å². The maximum atomic E-state index is 13.1. The molecule has 2 rings (SSSR count). The molecule has 28 heavy (non-hydrogen) atoms. The number of nitrogens with zero attached hydrogens (tertiary/aromatic N) is 1. The lowest BCUT2D eigenvalue weighted by molar-refractivity contribution is -0.140. The van der Waals surface area contributed by atoms with E-state index < -0.39 is 6.04 Å². The number of unbranched alkanes of at least 4 members (excludes halogenated alkanes) is 1. The van der Waals surface area contributed by atoms with Gasteiger partial charge < -0.3 is 10.2 Å². The summed E-state index contributed by atoms with van der Waals surface area (Å²) >= 11 is 0. The summed E-state index contributed by atoms with van der Waals surface area (Å²) in [6, 6.07) is 15.5. The van der Waals surface area contributed by atoms with Crippen molar-refractivity contribution in [1.29, 1.82) is 0 Å². The van der Waals surface area contributed by atoms with Crippen LogP contribution in [0.15, 0.2) is 48.5 Å². The van der Waals surface area contributed by atoms with Gasteiger partial charge in [0, 0.05) is 13.1 Å². The van der Waals surface area contributed by atoms with Gasteiger partial charge in [-0.1, -0.05) is 73.0 Å². The Morgan fingerprint density at radius 2 is 1.61 bits per heavy atom. The van der Waals surface area contributed by atoms with Gasteiger partial charge in [0.25, 0.3) is 0 Å². The summed E-state index contributed by atoms with van der Waals surface area (Å²) < 4.78 is 0. The van der Waals surface area contributed by atoms with Gasteiger partial charge in [-0.05, 0) is 38.3 Å². The number of hydrogen-bond donors (Lipinski definition) is 1. The fourth-order valence-electron chi connectivity index (χ4n) is 3.22. The fraction of sp³-hybridized carbons (Fsp3) is 0.417. The van der Waals surface area contributed by atoms with Crippen LogP contribution in [0.3, 0.4) is 0 Å². The van der Waals surface area contributed by atoms with Gasteiger partial charge in [-0.3, -0.25) is 9.59 Å². The van der Waals surface area contributed by atoms with E-state index in [9.17, 15) is 9.59 Å². The standard InChI is InChI=1S/C24H32N2O2/c1-5-6-13-25-24(28)20(4)26(17-22-12-8-10-19(3)15-22)23(27)16-21-11-7-9-18(2)14-21/h7-12,14-15,20H,5-6,13,16-17H2,1-4H3,(H,25,28). The minimum Gasteiger partial charge on any atom is -0.354 e. The third kappa shape index (κ3) is 6.52. The molecule has 0 fully saturated rings. The van der Waals surface area contributed by atoms with Crippen molar-refractivity contribution >= 4 is 11.8 Å². The number of carbonyl (C=O) groups is 2. The first kappa shape index (κ1) is 21.7.